The highest BCUT2D eigenvalue weighted by molar-refractivity contribution is 7.21. The van der Waals surface area contributed by atoms with E-state index in [0.717, 1.165) is 21.2 Å². The Hall–Kier alpha value is -2.17. The van der Waals surface area contributed by atoms with Gasteiger partial charge in [-0.2, -0.15) is 5.10 Å². The molecule has 0 fully saturated rings. The van der Waals surface area contributed by atoms with Crippen LogP contribution >= 0.6 is 22.9 Å². The maximum Gasteiger partial charge on any atom is 0.283 e. The van der Waals surface area contributed by atoms with E-state index in [1.807, 2.05) is 37.3 Å². The third-order valence-electron chi connectivity index (χ3n) is 4.15. The lowest BCUT2D eigenvalue weighted by atomic mass is 9.87. The minimum atomic E-state index is -0.295. The van der Waals surface area contributed by atoms with E-state index in [9.17, 15) is 4.79 Å². The van der Waals surface area contributed by atoms with E-state index in [1.54, 1.807) is 6.21 Å². The Morgan fingerprint density at radius 3 is 2.50 bits per heavy atom. The van der Waals surface area contributed by atoms with E-state index in [1.165, 1.54) is 16.9 Å². The summed E-state index contributed by atoms with van der Waals surface area (Å²) in [6.45, 7) is 8.54. The molecule has 3 aromatic rings. The zero-order chi connectivity index (χ0) is 18.9. The molecule has 0 bridgehead atoms. The van der Waals surface area contributed by atoms with Gasteiger partial charge in [-0.1, -0.05) is 68.8 Å². The van der Waals surface area contributed by atoms with Crippen molar-refractivity contribution in [2.24, 2.45) is 5.10 Å². The molecule has 26 heavy (non-hydrogen) atoms. The molecule has 0 aliphatic rings. The third kappa shape index (κ3) is 3.97. The van der Waals surface area contributed by atoms with Crippen LogP contribution < -0.4 is 5.43 Å². The van der Waals surface area contributed by atoms with Gasteiger partial charge in [-0.05, 0) is 35.1 Å². The fourth-order valence-electron chi connectivity index (χ4n) is 2.60. The van der Waals surface area contributed by atoms with Crippen molar-refractivity contribution >= 4 is 45.1 Å². The molecule has 1 aromatic heterocycles. The van der Waals surface area contributed by atoms with Crippen LogP contribution in [0.25, 0.3) is 10.1 Å². The summed E-state index contributed by atoms with van der Waals surface area (Å²) in [4.78, 5) is 12.9. The Morgan fingerprint density at radius 1 is 1.15 bits per heavy atom. The molecular weight excluding hydrogens is 364 g/mol. The van der Waals surface area contributed by atoms with Crippen LogP contribution in [0.15, 0.2) is 47.6 Å². The largest absolute Gasteiger partial charge is 0.283 e. The number of thiophene rings is 1. The Morgan fingerprint density at radius 2 is 1.85 bits per heavy atom. The quantitative estimate of drug-likeness (QED) is 0.441. The minimum absolute atomic E-state index is 0.111. The van der Waals surface area contributed by atoms with Crippen molar-refractivity contribution in [1.29, 1.82) is 0 Å². The zero-order valence-electron chi connectivity index (χ0n) is 15.3. The van der Waals surface area contributed by atoms with Gasteiger partial charge in [0.05, 0.1) is 11.2 Å². The highest BCUT2D eigenvalue weighted by Crippen LogP contribution is 2.35. The molecule has 1 amide bonds. The van der Waals surface area contributed by atoms with E-state index in [0.29, 0.717) is 9.90 Å². The summed E-state index contributed by atoms with van der Waals surface area (Å²) in [5.74, 6) is -0.295. The maximum absolute atomic E-state index is 12.4. The lowest BCUT2D eigenvalue weighted by molar-refractivity contribution is 0.0959. The number of fused-ring (bicyclic) bond motifs is 1. The number of hydrogen-bond acceptors (Lipinski definition) is 3. The molecule has 0 unspecified atom stereocenters. The number of aryl methyl sites for hydroxylation is 1. The zero-order valence-corrected chi connectivity index (χ0v) is 16.8. The van der Waals surface area contributed by atoms with E-state index >= 15 is 0 Å². The van der Waals surface area contributed by atoms with Crippen molar-refractivity contribution in [3.8, 4) is 0 Å². The molecule has 1 heterocycles. The van der Waals surface area contributed by atoms with Crippen molar-refractivity contribution in [2.45, 2.75) is 33.1 Å². The first-order valence-electron chi connectivity index (χ1n) is 8.38. The molecule has 0 saturated heterocycles. The number of nitrogens with one attached hydrogen (secondary N) is 1. The monoisotopic (exact) mass is 384 g/mol. The predicted octanol–water partition coefficient (Wildman–Crippen LogP) is 5.92. The number of hydrazone groups is 1. The first kappa shape index (κ1) is 18.6. The Bertz CT molecular complexity index is 982. The normalized spacial score (nSPS) is 12.0. The number of amides is 1. The molecule has 2 aromatic carbocycles. The van der Waals surface area contributed by atoms with Crippen molar-refractivity contribution in [2.75, 3.05) is 0 Å². The Balaban J connectivity index is 1.72. The van der Waals surface area contributed by atoms with Gasteiger partial charge in [0.1, 0.15) is 4.88 Å². The van der Waals surface area contributed by atoms with Crippen molar-refractivity contribution in [1.82, 2.24) is 5.43 Å². The first-order valence-corrected chi connectivity index (χ1v) is 9.58. The number of halogens is 1. The Kier molecular flexibility index (Phi) is 5.17. The molecule has 3 nitrogen and oxygen atoms in total. The van der Waals surface area contributed by atoms with Crippen LogP contribution in [0.3, 0.4) is 0 Å². The lowest BCUT2D eigenvalue weighted by Gasteiger charge is -2.18. The number of benzene rings is 2. The molecule has 5 heteroatoms. The summed E-state index contributed by atoms with van der Waals surface area (Å²) in [6.07, 6.45) is 1.63. The van der Waals surface area contributed by atoms with Crippen LogP contribution in [0, 0.1) is 6.92 Å². The number of hydrogen-bond donors (Lipinski definition) is 1. The average Bonchev–Trinajstić information content (AvgIpc) is 2.90. The summed E-state index contributed by atoms with van der Waals surface area (Å²) < 4.78 is 1.00. The topological polar surface area (TPSA) is 41.5 Å². The highest BCUT2D eigenvalue weighted by Gasteiger charge is 2.17. The van der Waals surface area contributed by atoms with Gasteiger partial charge in [-0.3, -0.25) is 4.79 Å². The highest BCUT2D eigenvalue weighted by atomic mass is 35.5. The predicted molar refractivity (Wildman–Crippen MR) is 112 cm³/mol. The molecule has 0 atom stereocenters. The van der Waals surface area contributed by atoms with E-state index in [4.69, 9.17) is 11.6 Å². The van der Waals surface area contributed by atoms with Gasteiger partial charge >= 0.3 is 0 Å². The molecule has 0 radical (unpaired) electrons. The second-order valence-electron chi connectivity index (χ2n) is 7.32. The van der Waals surface area contributed by atoms with E-state index in [-0.39, 0.29) is 11.3 Å². The summed E-state index contributed by atoms with van der Waals surface area (Å²) in [6, 6.07) is 14.1. The fraction of sp³-hybridized carbons (Fsp3) is 0.238. The van der Waals surface area contributed by atoms with Crippen molar-refractivity contribution in [3.05, 3.63) is 69.1 Å². The second-order valence-corrected chi connectivity index (χ2v) is 8.75. The average molecular weight is 385 g/mol. The fourth-order valence-corrected chi connectivity index (χ4v) is 4.11. The standard InChI is InChI=1S/C21H21ClN2OS/c1-13-5-10-16-17(11-13)26-19(18(16)22)20(25)24-23-12-14-6-8-15(9-7-14)21(2,3)4/h5-12H,1-4H3,(H,24,25). The van der Waals surface area contributed by atoms with Crippen molar-refractivity contribution < 1.29 is 4.79 Å². The molecule has 1 N–H and O–H groups in total. The van der Waals surface area contributed by atoms with Crippen LogP contribution in [0.2, 0.25) is 5.02 Å². The molecular formula is C21H21ClN2OS. The van der Waals surface area contributed by atoms with Gasteiger partial charge in [0.25, 0.3) is 5.91 Å². The van der Waals surface area contributed by atoms with Crippen LogP contribution in [0.4, 0.5) is 0 Å². The maximum atomic E-state index is 12.4. The summed E-state index contributed by atoms with van der Waals surface area (Å²) in [5, 5.41) is 5.44. The minimum Gasteiger partial charge on any atom is -0.266 e. The second kappa shape index (κ2) is 7.22. The number of nitrogens with zero attached hydrogens (tertiary/aromatic N) is 1. The molecule has 0 spiro atoms. The third-order valence-corrected chi connectivity index (χ3v) is 5.80. The van der Waals surface area contributed by atoms with Crippen LogP contribution in [0.1, 0.15) is 47.1 Å². The smallest absolute Gasteiger partial charge is 0.266 e. The summed E-state index contributed by atoms with van der Waals surface area (Å²) in [5.41, 5.74) is 6.00. The van der Waals surface area contributed by atoms with E-state index < -0.39 is 0 Å². The number of carbonyl (C=O) groups excluding carboxylic acids is 1. The van der Waals surface area contributed by atoms with Gasteiger partial charge in [0.2, 0.25) is 0 Å². The molecule has 3 rings (SSSR count). The van der Waals surface area contributed by atoms with Crippen LogP contribution in [-0.2, 0) is 5.41 Å². The number of rotatable bonds is 3. The van der Waals surface area contributed by atoms with E-state index in [2.05, 4.69) is 43.4 Å². The Labute approximate surface area is 162 Å². The summed E-state index contributed by atoms with van der Waals surface area (Å²) in [7, 11) is 0. The molecule has 0 aliphatic heterocycles. The van der Waals surface area contributed by atoms with Crippen LogP contribution in [-0.4, -0.2) is 12.1 Å². The molecule has 0 aliphatic carbocycles. The summed E-state index contributed by atoms with van der Waals surface area (Å²) >= 11 is 7.74. The number of carbonyl (C=O) groups is 1. The van der Waals surface area contributed by atoms with Gasteiger partial charge in [-0.15, -0.1) is 11.3 Å². The van der Waals surface area contributed by atoms with Gasteiger partial charge in [0, 0.05) is 10.1 Å². The lowest BCUT2D eigenvalue weighted by Crippen LogP contribution is -2.16. The molecule has 0 saturated carbocycles. The van der Waals surface area contributed by atoms with Gasteiger partial charge in [-0.25, -0.2) is 5.43 Å². The van der Waals surface area contributed by atoms with Gasteiger partial charge in [0.15, 0.2) is 0 Å². The molecule has 134 valence electrons. The first-order chi connectivity index (χ1) is 12.3. The van der Waals surface area contributed by atoms with Crippen molar-refractivity contribution in [3.63, 3.8) is 0 Å². The van der Waals surface area contributed by atoms with Crippen LogP contribution in [0.5, 0.6) is 0 Å². The van der Waals surface area contributed by atoms with Gasteiger partial charge < -0.3 is 0 Å². The SMILES string of the molecule is Cc1ccc2c(Cl)c(C(=O)NN=Cc3ccc(C(C)(C)C)cc3)sc2c1.